The lowest BCUT2D eigenvalue weighted by atomic mass is 10.1. The third-order valence-electron chi connectivity index (χ3n) is 1.58. The average molecular weight is 237 g/mol. The van der Waals surface area contributed by atoms with Crippen molar-refractivity contribution in [2.75, 3.05) is 19.3 Å². The summed E-state index contributed by atoms with van der Waals surface area (Å²) in [4.78, 5) is 10.4. The van der Waals surface area contributed by atoms with Crippen molar-refractivity contribution in [3.05, 3.63) is 0 Å². The van der Waals surface area contributed by atoms with Crippen LogP contribution in [-0.4, -0.2) is 39.2 Å². The number of nitrogens with one attached hydrogen (secondary N) is 2. The van der Waals surface area contributed by atoms with Crippen LogP contribution in [0.5, 0.6) is 0 Å². The van der Waals surface area contributed by atoms with Gasteiger partial charge in [0.1, 0.15) is 0 Å². The minimum absolute atomic E-state index is 0.245. The molecule has 0 bridgehead atoms. The molecular formula is C8H19N3O3S. The summed E-state index contributed by atoms with van der Waals surface area (Å²) < 4.78 is 24.4. The van der Waals surface area contributed by atoms with Crippen molar-refractivity contribution in [2.45, 2.75) is 25.8 Å². The van der Waals surface area contributed by atoms with Gasteiger partial charge in [-0.25, -0.2) is 13.1 Å². The smallest absolute Gasteiger partial charge is 0.218 e. The van der Waals surface area contributed by atoms with E-state index < -0.39 is 15.6 Å². The van der Waals surface area contributed by atoms with E-state index in [4.69, 9.17) is 5.73 Å². The standard InChI is InChI=1S/C8H19N3O3S/c1-8(2,11-15(3,13)14)6-10-5-4-7(9)12/h10-11H,4-6H2,1-3H3,(H2,9,12). The molecule has 0 fully saturated rings. The minimum atomic E-state index is -3.22. The Kier molecular flexibility index (Phi) is 5.19. The Hall–Kier alpha value is -0.660. The lowest BCUT2D eigenvalue weighted by molar-refractivity contribution is -0.117. The zero-order valence-corrected chi connectivity index (χ0v) is 10.1. The average Bonchev–Trinajstić information content (AvgIpc) is 1.93. The van der Waals surface area contributed by atoms with Crippen molar-refractivity contribution in [3.8, 4) is 0 Å². The van der Waals surface area contributed by atoms with Gasteiger partial charge in [-0.1, -0.05) is 0 Å². The van der Waals surface area contributed by atoms with Crippen LogP contribution in [0.3, 0.4) is 0 Å². The van der Waals surface area contributed by atoms with Gasteiger partial charge in [0.05, 0.1) is 6.26 Å². The summed E-state index contributed by atoms with van der Waals surface area (Å²) in [6.45, 7) is 4.40. The molecule has 4 N–H and O–H groups in total. The summed E-state index contributed by atoms with van der Waals surface area (Å²) in [5.41, 5.74) is 4.38. The van der Waals surface area contributed by atoms with Gasteiger partial charge in [-0.2, -0.15) is 0 Å². The lowest BCUT2D eigenvalue weighted by Gasteiger charge is -2.25. The lowest BCUT2D eigenvalue weighted by Crippen LogP contribution is -2.50. The molecule has 0 unspecified atom stereocenters. The van der Waals surface area contributed by atoms with E-state index in [0.717, 1.165) is 6.26 Å². The largest absolute Gasteiger partial charge is 0.370 e. The highest BCUT2D eigenvalue weighted by atomic mass is 32.2. The fourth-order valence-corrected chi connectivity index (χ4v) is 2.23. The van der Waals surface area contributed by atoms with Gasteiger partial charge < -0.3 is 11.1 Å². The molecule has 0 aromatic carbocycles. The van der Waals surface area contributed by atoms with Crippen molar-refractivity contribution < 1.29 is 13.2 Å². The molecule has 6 nitrogen and oxygen atoms in total. The van der Waals surface area contributed by atoms with E-state index >= 15 is 0 Å². The number of carbonyl (C=O) groups excluding carboxylic acids is 1. The summed E-state index contributed by atoms with van der Waals surface area (Å²) >= 11 is 0. The first-order chi connectivity index (χ1) is 6.62. The van der Waals surface area contributed by atoms with E-state index in [1.807, 2.05) is 0 Å². The third kappa shape index (κ3) is 9.64. The quantitative estimate of drug-likeness (QED) is 0.483. The molecule has 0 heterocycles. The molecule has 0 aliphatic rings. The molecule has 7 heteroatoms. The zero-order valence-electron chi connectivity index (χ0n) is 9.33. The predicted octanol–water partition coefficient (Wildman–Crippen LogP) is -1.22. The molecule has 90 valence electrons. The van der Waals surface area contributed by atoms with Crippen molar-refractivity contribution in [3.63, 3.8) is 0 Å². The first kappa shape index (κ1) is 14.3. The monoisotopic (exact) mass is 237 g/mol. The molecular weight excluding hydrogens is 218 g/mol. The fourth-order valence-electron chi connectivity index (χ4n) is 1.15. The van der Waals surface area contributed by atoms with Crippen LogP contribution in [0.4, 0.5) is 0 Å². The van der Waals surface area contributed by atoms with Crippen LogP contribution in [0, 0.1) is 0 Å². The molecule has 0 aliphatic carbocycles. The second-order valence-corrected chi connectivity index (χ2v) is 5.90. The number of amides is 1. The Bertz CT molecular complexity index is 311. The molecule has 0 atom stereocenters. The summed E-state index contributed by atoms with van der Waals surface area (Å²) in [5.74, 6) is -0.378. The first-order valence-electron chi connectivity index (χ1n) is 4.60. The highest BCUT2D eigenvalue weighted by molar-refractivity contribution is 7.88. The number of hydrogen-bond donors (Lipinski definition) is 3. The Labute approximate surface area is 90.7 Å². The first-order valence-corrected chi connectivity index (χ1v) is 6.49. The van der Waals surface area contributed by atoms with Crippen LogP contribution in [0.25, 0.3) is 0 Å². The number of carbonyl (C=O) groups is 1. The third-order valence-corrected chi connectivity index (χ3v) is 2.50. The number of primary amides is 1. The topological polar surface area (TPSA) is 101 Å². The van der Waals surface area contributed by atoms with E-state index in [1.165, 1.54) is 0 Å². The van der Waals surface area contributed by atoms with Crippen molar-refractivity contribution >= 4 is 15.9 Å². The zero-order chi connectivity index (χ0) is 12.1. The highest BCUT2D eigenvalue weighted by Gasteiger charge is 2.21. The Morgan fingerprint density at radius 1 is 1.40 bits per heavy atom. The maximum Gasteiger partial charge on any atom is 0.218 e. The van der Waals surface area contributed by atoms with Crippen LogP contribution in [-0.2, 0) is 14.8 Å². The molecule has 0 radical (unpaired) electrons. The van der Waals surface area contributed by atoms with E-state index in [-0.39, 0.29) is 12.3 Å². The summed E-state index contributed by atoms with van der Waals surface area (Å²) in [7, 11) is -3.22. The van der Waals surface area contributed by atoms with E-state index in [2.05, 4.69) is 10.0 Å². The summed E-state index contributed by atoms with van der Waals surface area (Å²) in [6, 6.07) is 0. The molecule has 0 saturated carbocycles. The van der Waals surface area contributed by atoms with Crippen LogP contribution in [0.2, 0.25) is 0 Å². The van der Waals surface area contributed by atoms with Crippen LogP contribution in [0.15, 0.2) is 0 Å². The van der Waals surface area contributed by atoms with Gasteiger partial charge in [0, 0.05) is 25.0 Å². The number of hydrogen-bond acceptors (Lipinski definition) is 4. The maximum absolute atomic E-state index is 11.0. The van der Waals surface area contributed by atoms with Crippen molar-refractivity contribution in [1.29, 1.82) is 0 Å². The van der Waals surface area contributed by atoms with Gasteiger partial charge in [0.25, 0.3) is 0 Å². The van der Waals surface area contributed by atoms with Gasteiger partial charge in [0.2, 0.25) is 15.9 Å². The predicted molar refractivity (Wildman–Crippen MR) is 58.7 cm³/mol. The molecule has 1 amide bonds. The van der Waals surface area contributed by atoms with Crippen molar-refractivity contribution in [1.82, 2.24) is 10.0 Å². The second kappa shape index (κ2) is 5.43. The van der Waals surface area contributed by atoms with Gasteiger partial charge in [-0.3, -0.25) is 4.79 Å². The van der Waals surface area contributed by atoms with Crippen LogP contribution >= 0.6 is 0 Å². The second-order valence-electron chi connectivity index (χ2n) is 4.15. The molecule has 0 aliphatic heterocycles. The number of sulfonamides is 1. The van der Waals surface area contributed by atoms with E-state index in [1.54, 1.807) is 13.8 Å². The normalized spacial score (nSPS) is 12.7. The van der Waals surface area contributed by atoms with Gasteiger partial charge >= 0.3 is 0 Å². The summed E-state index contributed by atoms with van der Waals surface area (Å²) in [5, 5.41) is 2.95. The molecule has 0 saturated heterocycles. The molecule has 15 heavy (non-hydrogen) atoms. The molecule has 0 aromatic rings. The maximum atomic E-state index is 11.0. The fraction of sp³-hybridized carbons (Fsp3) is 0.875. The molecule has 0 aromatic heterocycles. The van der Waals surface area contributed by atoms with Gasteiger partial charge in [-0.15, -0.1) is 0 Å². The SMILES string of the molecule is CC(C)(CNCCC(N)=O)NS(C)(=O)=O. The summed E-state index contributed by atoms with van der Waals surface area (Å²) in [6.07, 6.45) is 1.35. The van der Waals surface area contributed by atoms with Crippen LogP contribution < -0.4 is 15.8 Å². The van der Waals surface area contributed by atoms with Gasteiger partial charge in [0.15, 0.2) is 0 Å². The minimum Gasteiger partial charge on any atom is -0.370 e. The Morgan fingerprint density at radius 3 is 2.33 bits per heavy atom. The number of nitrogens with two attached hydrogens (primary N) is 1. The Morgan fingerprint density at radius 2 is 1.93 bits per heavy atom. The highest BCUT2D eigenvalue weighted by Crippen LogP contribution is 2.01. The van der Waals surface area contributed by atoms with Gasteiger partial charge in [-0.05, 0) is 13.8 Å². The number of rotatable bonds is 7. The van der Waals surface area contributed by atoms with E-state index in [9.17, 15) is 13.2 Å². The van der Waals surface area contributed by atoms with E-state index in [0.29, 0.717) is 13.1 Å². The van der Waals surface area contributed by atoms with Crippen LogP contribution in [0.1, 0.15) is 20.3 Å². The molecule has 0 rings (SSSR count). The Balaban J connectivity index is 3.89. The van der Waals surface area contributed by atoms with Crippen molar-refractivity contribution in [2.24, 2.45) is 5.73 Å². The molecule has 0 spiro atoms.